The van der Waals surface area contributed by atoms with Gasteiger partial charge in [0.2, 0.25) is 70.9 Å². The van der Waals surface area contributed by atoms with Crippen molar-refractivity contribution < 1.29 is 92.2 Å². The number of esters is 1. The van der Waals surface area contributed by atoms with Crippen molar-refractivity contribution in [2.45, 2.75) is 220 Å². The van der Waals surface area contributed by atoms with Crippen molar-refractivity contribution in [1.82, 2.24) is 58.5 Å². The Morgan fingerprint density at radius 1 is 0.635 bits per heavy atom. The van der Waals surface area contributed by atoms with Crippen molar-refractivity contribution in [2.75, 3.05) is 26.8 Å². The number of nitrogens with zero attached hydrogens (tertiary/aromatic N) is 1. The number of rotatable bonds is 26. The van der Waals surface area contributed by atoms with E-state index in [1.165, 1.54) is 45.2 Å². The van der Waals surface area contributed by atoms with E-state index in [-0.39, 0.29) is 68.9 Å². The van der Waals surface area contributed by atoms with Gasteiger partial charge in [-0.15, -0.1) is 0 Å². The first-order valence-electron chi connectivity index (χ1n) is 34.6. The summed E-state index contributed by atoms with van der Waals surface area (Å²) < 4.78 is 11.0. The molecule has 21 N–H and O–H groups in total. The molecular formula is C70H111N15O19. The van der Waals surface area contributed by atoms with Crippen molar-refractivity contribution >= 4 is 82.8 Å². The van der Waals surface area contributed by atoms with Crippen molar-refractivity contribution in [3.63, 3.8) is 0 Å². The zero-order valence-electron chi connectivity index (χ0n) is 61.9. The highest BCUT2D eigenvalue weighted by Gasteiger charge is 2.44. The monoisotopic (exact) mass is 1470 g/mol. The molecule has 0 unspecified atom stereocenters. The Labute approximate surface area is 606 Å². The molecule has 3 rings (SSSR count). The van der Waals surface area contributed by atoms with Gasteiger partial charge in [-0.1, -0.05) is 132 Å². The summed E-state index contributed by atoms with van der Waals surface area (Å²) in [7, 11) is 1.33. The van der Waals surface area contributed by atoms with Gasteiger partial charge in [0.05, 0.1) is 44.9 Å². The Morgan fingerprint density at radius 3 is 1.72 bits per heavy atom. The van der Waals surface area contributed by atoms with Gasteiger partial charge in [-0.3, -0.25) is 67.3 Å². The van der Waals surface area contributed by atoms with Gasteiger partial charge >= 0.3 is 5.97 Å². The maximum atomic E-state index is 15.8. The van der Waals surface area contributed by atoms with Crippen LogP contribution in [-0.4, -0.2) is 203 Å². The first-order valence-corrected chi connectivity index (χ1v) is 34.6. The van der Waals surface area contributed by atoms with Gasteiger partial charge in [0.25, 0.3) is 0 Å². The third-order valence-corrected chi connectivity index (χ3v) is 16.8. The number of carbonyl (C=O) groups is 13. The first kappa shape index (κ1) is 88.7. The fourth-order valence-corrected chi connectivity index (χ4v) is 11.0. The van der Waals surface area contributed by atoms with Crippen LogP contribution in [0.15, 0.2) is 59.6 Å². The number of hydrogen-bond donors (Lipinski definition) is 18. The summed E-state index contributed by atoms with van der Waals surface area (Å²) in [6, 6.07) is -4.69. The molecule has 0 saturated carbocycles. The van der Waals surface area contributed by atoms with Crippen molar-refractivity contribution in [3.05, 3.63) is 65.7 Å². The van der Waals surface area contributed by atoms with Gasteiger partial charge in [0.1, 0.15) is 66.7 Å². The van der Waals surface area contributed by atoms with Gasteiger partial charge in [-0.2, -0.15) is 0 Å². The third-order valence-electron chi connectivity index (χ3n) is 16.8. The summed E-state index contributed by atoms with van der Waals surface area (Å²) in [5.74, 6) is -18.5. The molecule has 0 radical (unpaired) electrons. The number of aliphatic hydroxyl groups is 4. The number of primary amides is 1. The standard InChI is InChI=1S/C70H111N15O19/c1-15-37(6)49-64(99)82-50(38(7)87)63(98)75-32-47(88)80-54(56(91)57(71)92)67(102)79-46(33-86)62(97)83-51(40-23-25-42(103-14)26-24-40)52(84-61(96)45(31-70(11,12)13)78-58(93)41(30-69(8,9)10)29-48(89)104-34-39-20-17-16-18-21-39)65(100)85-53(55(90)36(4)5)66(101)77-44(28-35(2)3)60(95)76-43(59(94)81-49)22-19-27-74-68(72)73/h16-18,20-21,23-26,35-38,41,43-46,49-56,86-87,90-91H,15,19,22,27-34H2,1-14H3,(H2,71,92)(H,75,98)(H,76,95)(H,77,101)(H,78,93)(H,79,102)(H,80,88)(H,81,94)(H,82,99)(H,83,97)(H,84,96)(H,85,100)(H4,72,73,74)/t37-,38-,41+,43+,44-,45-,46-,49-,50-,51-,52-,53-,54-,55+,56-/m0/s1. The van der Waals surface area contributed by atoms with Crippen LogP contribution in [0.1, 0.15) is 152 Å². The topological polar surface area (TPSA) is 544 Å². The van der Waals surface area contributed by atoms with E-state index >= 15 is 14.4 Å². The number of methoxy groups -OCH3 is 1. The van der Waals surface area contributed by atoms with Crippen LogP contribution in [0.2, 0.25) is 0 Å². The summed E-state index contributed by atoms with van der Waals surface area (Å²) in [6.45, 7) is 18.8. The lowest BCUT2D eigenvalue weighted by molar-refractivity contribution is -0.149. The predicted molar refractivity (Wildman–Crippen MR) is 380 cm³/mol. The van der Waals surface area contributed by atoms with E-state index in [4.69, 9.17) is 26.7 Å². The van der Waals surface area contributed by atoms with E-state index in [1.807, 2.05) is 26.1 Å². The Morgan fingerprint density at radius 2 is 1.18 bits per heavy atom. The second kappa shape index (κ2) is 41.7. The fraction of sp³-hybridized carbons (Fsp3) is 0.629. The average Bonchev–Trinajstić information content (AvgIpc) is 0.803. The molecule has 1 saturated heterocycles. The molecule has 15 atom stereocenters. The minimum Gasteiger partial charge on any atom is -0.497 e. The minimum atomic E-state index is -2.60. The number of amides is 12. The Balaban J connectivity index is 2.48. The molecule has 1 aliphatic heterocycles. The Kier molecular flexibility index (Phi) is 35.5. The van der Waals surface area contributed by atoms with Crippen LogP contribution in [0.5, 0.6) is 5.75 Å². The van der Waals surface area contributed by atoms with Gasteiger partial charge in [0.15, 0.2) is 12.1 Å². The summed E-state index contributed by atoms with van der Waals surface area (Å²) in [5.41, 5.74) is 15.8. The molecule has 1 fully saturated rings. The van der Waals surface area contributed by atoms with Crippen LogP contribution in [0.3, 0.4) is 0 Å². The molecule has 0 aliphatic carbocycles. The molecule has 0 spiro atoms. The molecule has 34 nitrogen and oxygen atoms in total. The number of nitrogens with two attached hydrogens (primary N) is 3. The average molecular weight is 1470 g/mol. The molecular weight excluding hydrogens is 1350 g/mol. The summed E-state index contributed by atoms with van der Waals surface area (Å²) in [5, 5.41) is 71.9. The number of carbonyl (C=O) groups excluding carboxylic acids is 13. The normalized spacial score (nSPS) is 23.1. The molecule has 0 bridgehead atoms. The number of guanidine groups is 1. The zero-order chi connectivity index (χ0) is 78.7. The molecule has 2 aromatic carbocycles. The van der Waals surface area contributed by atoms with Crippen LogP contribution in [0.4, 0.5) is 0 Å². The van der Waals surface area contributed by atoms with Gasteiger partial charge in [0, 0.05) is 12.5 Å². The quantitative estimate of drug-likeness (QED) is 0.0198. The van der Waals surface area contributed by atoms with Gasteiger partial charge in [-0.05, 0) is 90.9 Å². The number of benzene rings is 2. The van der Waals surface area contributed by atoms with Crippen LogP contribution >= 0.6 is 0 Å². The van der Waals surface area contributed by atoms with E-state index in [9.17, 15) is 68.4 Å². The van der Waals surface area contributed by atoms with Crippen molar-refractivity contribution in [1.29, 1.82) is 0 Å². The maximum Gasteiger partial charge on any atom is 0.306 e. The number of ether oxygens (including phenoxy) is 2. The lowest BCUT2D eigenvalue weighted by Crippen LogP contribution is -2.65. The largest absolute Gasteiger partial charge is 0.497 e. The fourth-order valence-electron chi connectivity index (χ4n) is 11.0. The van der Waals surface area contributed by atoms with Crippen molar-refractivity contribution in [2.24, 2.45) is 56.7 Å². The molecule has 34 heteroatoms. The van der Waals surface area contributed by atoms with Crippen LogP contribution < -0.4 is 80.4 Å². The van der Waals surface area contributed by atoms with E-state index < -0.39 is 210 Å². The number of aliphatic hydroxyl groups excluding tert-OH is 4. The maximum absolute atomic E-state index is 15.8. The minimum absolute atomic E-state index is 0.0283. The lowest BCUT2D eigenvalue weighted by atomic mass is 9.82. The molecule has 104 heavy (non-hydrogen) atoms. The lowest BCUT2D eigenvalue weighted by Gasteiger charge is -2.35. The molecule has 0 aromatic heterocycles. The van der Waals surface area contributed by atoms with E-state index in [1.54, 1.807) is 78.8 Å². The Hall–Kier alpha value is -9.54. The summed E-state index contributed by atoms with van der Waals surface area (Å²) in [6.07, 6.45) is -6.81. The highest BCUT2D eigenvalue weighted by atomic mass is 16.5. The highest BCUT2D eigenvalue weighted by molar-refractivity contribution is 6.01. The number of aliphatic imine (C=N–C) groups is 1. The highest BCUT2D eigenvalue weighted by Crippen LogP contribution is 2.29. The van der Waals surface area contributed by atoms with E-state index in [2.05, 4.69) is 58.2 Å². The van der Waals surface area contributed by atoms with Crippen LogP contribution in [0.25, 0.3) is 0 Å². The number of nitrogens with one attached hydrogen (secondary N) is 11. The second-order valence-corrected chi connectivity index (χ2v) is 29.3. The van der Waals surface area contributed by atoms with Crippen LogP contribution in [-0.2, 0) is 73.7 Å². The molecule has 1 aliphatic rings. The summed E-state index contributed by atoms with van der Waals surface area (Å²) >= 11 is 0. The van der Waals surface area contributed by atoms with Gasteiger partial charge < -0.3 is 106 Å². The van der Waals surface area contributed by atoms with Crippen molar-refractivity contribution in [3.8, 4) is 5.75 Å². The number of hydrogen-bond acceptors (Lipinski definition) is 20. The predicted octanol–water partition coefficient (Wildman–Crippen LogP) is -2.65. The van der Waals surface area contributed by atoms with E-state index in [0.717, 1.165) is 6.92 Å². The molecule has 12 amide bonds. The van der Waals surface area contributed by atoms with Crippen LogP contribution in [0, 0.1) is 34.5 Å². The van der Waals surface area contributed by atoms with E-state index in [0.29, 0.717) is 5.56 Å². The summed E-state index contributed by atoms with van der Waals surface area (Å²) in [4.78, 5) is 192. The Bertz CT molecular complexity index is 3280. The first-order chi connectivity index (χ1) is 48.5. The second-order valence-electron chi connectivity index (χ2n) is 29.3. The molecule has 1 heterocycles. The SMILES string of the molecule is CC[C@H](C)[C@@H]1NC(=O)[C@@H](CCCN=C(N)N)NC(=O)[C@H](CC(C)C)NC(=O)[C@H]([C@H](O)C(C)C)NC(=O)[C@@H](NC(=O)[C@H](CC(C)(C)C)NC(=O)[C@H](CC(=O)OCc2ccccc2)CC(C)(C)C)[C@H](c2ccc(OC)cc2)NC(=O)[C@H](CO)NC(=O)[C@H]([C@H](O)C(N)=O)NC(=O)CNC(=O)[C@H]([C@H](C)O)NC1=O. The van der Waals surface area contributed by atoms with Gasteiger partial charge in [-0.25, -0.2) is 0 Å². The smallest absolute Gasteiger partial charge is 0.306 e. The molecule has 580 valence electrons. The molecule has 2 aromatic rings. The zero-order valence-corrected chi connectivity index (χ0v) is 61.9. The third kappa shape index (κ3) is 29.7.